The predicted molar refractivity (Wildman–Crippen MR) is 111 cm³/mol. The summed E-state index contributed by atoms with van der Waals surface area (Å²) >= 11 is 2.56. The zero-order chi connectivity index (χ0) is 21.1. The number of hydrogen-bond donors (Lipinski definition) is 2. The summed E-state index contributed by atoms with van der Waals surface area (Å²) in [6.45, 7) is 5.11. The van der Waals surface area contributed by atoms with Gasteiger partial charge in [-0.05, 0) is 51.3 Å². The molecule has 0 aliphatic carbocycles. The molecule has 8 nitrogen and oxygen atoms in total. The standard InChI is InChI=1S/C18H23N3O5S2/c1-18(2,3)26-17(25)21(11(16(23)24)8-9-27-4)10-6-5-7-12-13(10)20-15(28-12)14(19)22/h5-7,11H,8-9H2,1-4H3,(H2,19,22)(H,23,24)/t11-/m0/s1. The number of carboxylic acid groups (broad SMARTS) is 1. The van der Waals surface area contributed by atoms with Crippen LogP contribution in [0.4, 0.5) is 10.5 Å². The Hall–Kier alpha value is -2.33. The third-order valence-electron chi connectivity index (χ3n) is 3.65. The van der Waals surface area contributed by atoms with Crippen molar-refractivity contribution in [1.29, 1.82) is 0 Å². The fourth-order valence-electron chi connectivity index (χ4n) is 2.53. The van der Waals surface area contributed by atoms with Crippen LogP contribution in [0.1, 0.15) is 37.0 Å². The largest absolute Gasteiger partial charge is 0.480 e. The Bertz CT molecular complexity index is 891. The van der Waals surface area contributed by atoms with Crippen LogP contribution in [-0.2, 0) is 9.53 Å². The van der Waals surface area contributed by atoms with E-state index in [0.717, 1.165) is 16.2 Å². The number of thioether (sulfide) groups is 1. The van der Waals surface area contributed by atoms with Crippen LogP contribution in [0.3, 0.4) is 0 Å². The molecule has 0 unspecified atom stereocenters. The smallest absolute Gasteiger partial charge is 0.415 e. The van der Waals surface area contributed by atoms with E-state index in [2.05, 4.69) is 4.98 Å². The van der Waals surface area contributed by atoms with E-state index in [-0.39, 0.29) is 17.1 Å². The van der Waals surface area contributed by atoms with Crippen LogP contribution in [-0.4, -0.2) is 51.7 Å². The average Bonchev–Trinajstić information content (AvgIpc) is 3.01. The van der Waals surface area contributed by atoms with E-state index in [4.69, 9.17) is 10.5 Å². The Kier molecular flexibility index (Phi) is 6.89. The number of primary amides is 1. The summed E-state index contributed by atoms with van der Waals surface area (Å²) in [5, 5.41) is 9.88. The van der Waals surface area contributed by atoms with E-state index in [1.54, 1.807) is 39.0 Å². The van der Waals surface area contributed by atoms with Gasteiger partial charge in [-0.1, -0.05) is 6.07 Å². The highest BCUT2D eigenvalue weighted by atomic mass is 32.2. The van der Waals surface area contributed by atoms with Crippen molar-refractivity contribution in [3.05, 3.63) is 23.2 Å². The number of aliphatic carboxylic acids is 1. The number of ether oxygens (including phenoxy) is 1. The van der Waals surface area contributed by atoms with Crippen molar-refractivity contribution >= 4 is 57.0 Å². The molecule has 0 aliphatic rings. The minimum absolute atomic E-state index is 0.0857. The van der Waals surface area contributed by atoms with Gasteiger partial charge in [0.2, 0.25) is 0 Å². The Labute approximate surface area is 171 Å². The van der Waals surface area contributed by atoms with E-state index < -0.39 is 29.6 Å². The highest BCUT2D eigenvalue weighted by molar-refractivity contribution is 7.98. The molecule has 0 radical (unpaired) electrons. The lowest BCUT2D eigenvalue weighted by molar-refractivity contribution is -0.138. The molecular formula is C18H23N3O5S2. The SMILES string of the molecule is CSCC[C@@H](C(=O)O)N(C(=O)OC(C)(C)C)c1cccc2sc(C(N)=O)nc12. The van der Waals surface area contributed by atoms with Gasteiger partial charge in [-0.3, -0.25) is 9.69 Å². The molecule has 2 amide bonds. The van der Waals surface area contributed by atoms with Crippen molar-refractivity contribution in [2.45, 2.75) is 38.8 Å². The number of benzene rings is 1. The Morgan fingerprint density at radius 2 is 2.04 bits per heavy atom. The molecule has 1 atom stereocenters. The normalized spacial score (nSPS) is 12.6. The van der Waals surface area contributed by atoms with Crippen molar-refractivity contribution in [2.75, 3.05) is 16.9 Å². The average molecular weight is 426 g/mol. The zero-order valence-electron chi connectivity index (χ0n) is 16.1. The number of para-hydroxylation sites is 1. The third kappa shape index (κ3) is 5.14. The molecule has 3 N–H and O–H groups in total. The number of thiazole rings is 1. The Morgan fingerprint density at radius 1 is 1.36 bits per heavy atom. The summed E-state index contributed by atoms with van der Waals surface area (Å²) in [5.74, 6) is -1.30. The van der Waals surface area contributed by atoms with Gasteiger partial charge in [0.05, 0.1) is 10.4 Å². The monoisotopic (exact) mass is 425 g/mol. The molecule has 1 heterocycles. The molecule has 28 heavy (non-hydrogen) atoms. The molecule has 1 aromatic carbocycles. The number of carbonyl (C=O) groups excluding carboxylic acids is 2. The van der Waals surface area contributed by atoms with E-state index in [0.29, 0.717) is 16.0 Å². The molecule has 0 spiro atoms. The van der Waals surface area contributed by atoms with Gasteiger partial charge in [-0.25, -0.2) is 14.6 Å². The number of hydrogen-bond acceptors (Lipinski definition) is 7. The van der Waals surface area contributed by atoms with Gasteiger partial charge in [-0.15, -0.1) is 11.3 Å². The maximum absolute atomic E-state index is 13.0. The summed E-state index contributed by atoms with van der Waals surface area (Å²) in [5.41, 5.74) is 5.12. The molecule has 1 aromatic heterocycles. The molecule has 10 heteroatoms. The highest BCUT2D eigenvalue weighted by Crippen LogP contribution is 2.33. The molecule has 0 aliphatic heterocycles. The van der Waals surface area contributed by atoms with E-state index in [1.165, 1.54) is 11.8 Å². The van der Waals surface area contributed by atoms with E-state index in [1.807, 2.05) is 6.26 Å². The molecule has 2 aromatic rings. The van der Waals surface area contributed by atoms with Crippen LogP contribution < -0.4 is 10.6 Å². The van der Waals surface area contributed by atoms with Crippen LogP contribution in [0.2, 0.25) is 0 Å². The second-order valence-electron chi connectivity index (χ2n) is 6.99. The number of aromatic nitrogens is 1. The molecule has 0 saturated carbocycles. The molecule has 0 bridgehead atoms. The van der Waals surface area contributed by atoms with Gasteiger partial charge in [0.15, 0.2) is 5.01 Å². The van der Waals surface area contributed by atoms with Crippen molar-refractivity contribution in [2.24, 2.45) is 5.73 Å². The first-order chi connectivity index (χ1) is 13.0. The first-order valence-corrected chi connectivity index (χ1v) is 10.7. The quantitative estimate of drug-likeness (QED) is 0.697. The maximum atomic E-state index is 13.0. The molecular weight excluding hydrogens is 402 g/mol. The minimum atomic E-state index is -1.15. The number of amides is 2. The van der Waals surface area contributed by atoms with Gasteiger partial charge in [-0.2, -0.15) is 11.8 Å². The van der Waals surface area contributed by atoms with Crippen LogP contribution in [0, 0.1) is 0 Å². The van der Waals surface area contributed by atoms with Gasteiger partial charge < -0.3 is 15.6 Å². The second-order valence-corrected chi connectivity index (χ2v) is 9.01. The van der Waals surface area contributed by atoms with Crippen molar-refractivity contribution < 1.29 is 24.2 Å². The van der Waals surface area contributed by atoms with Crippen molar-refractivity contribution in [3.63, 3.8) is 0 Å². The molecule has 152 valence electrons. The first kappa shape index (κ1) is 22.0. The number of rotatable bonds is 7. The van der Waals surface area contributed by atoms with Gasteiger partial charge in [0.25, 0.3) is 5.91 Å². The maximum Gasteiger partial charge on any atom is 0.415 e. The minimum Gasteiger partial charge on any atom is -0.480 e. The number of carboxylic acids is 1. The van der Waals surface area contributed by atoms with Crippen LogP contribution in [0.15, 0.2) is 18.2 Å². The second kappa shape index (κ2) is 8.78. The zero-order valence-corrected chi connectivity index (χ0v) is 17.7. The van der Waals surface area contributed by atoms with Gasteiger partial charge in [0, 0.05) is 0 Å². The van der Waals surface area contributed by atoms with Crippen LogP contribution >= 0.6 is 23.1 Å². The number of fused-ring (bicyclic) bond motifs is 1. The van der Waals surface area contributed by atoms with Gasteiger partial charge >= 0.3 is 12.1 Å². The van der Waals surface area contributed by atoms with Crippen LogP contribution in [0.25, 0.3) is 10.2 Å². The first-order valence-electron chi connectivity index (χ1n) is 8.48. The summed E-state index contributed by atoms with van der Waals surface area (Å²) in [6.07, 6.45) is 1.29. The van der Waals surface area contributed by atoms with E-state index >= 15 is 0 Å². The molecule has 2 rings (SSSR count). The lowest BCUT2D eigenvalue weighted by atomic mass is 10.1. The number of carbonyl (C=O) groups is 3. The Balaban J connectivity index is 2.63. The summed E-state index contributed by atoms with van der Waals surface area (Å²) in [4.78, 5) is 41.8. The van der Waals surface area contributed by atoms with E-state index in [9.17, 15) is 19.5 Å². The Morgan fingerprint density at radius 3 is 2.57 bits per heavy atom. The van der Waals surface area contributed by atoms with Crippen LogP contribution in [0.5, 0.6) is 0 Å². The summed E-state index contributed by atoms with van der Waals surface area (Å²) in [7, 11) is 0. The lowest BCUT2D eigenvalue weighted by Crippen LogP contribution is -2.48. The van der Waals surface area contributed by atoms with Crippen molar-refractivity contribution in [1.82, 2.24) is 4.98 Å². The fraction of sp³-hybridized carbons (Fsp3) is 0.444. The predicted octanol–water partition coefficient (Wildman–Crippen LogP) is 3.34. The van der Waals surface area contributed by atoms with Crippen molar-refractivity contribution in [3.8, 4) is 0 Å². The fourth-order valence-corrected chi connectivity index (χ4v) is 3.83. The number of nitrogens with zero attached hydrogens (tertiary/aromatic N) is 2. The summed E-state index contributed by atoms with van der Waals surface area (Å²) in [6, 6.07) is 3.84. The molecule has 0 saturated heterocycles. The highest BCUT2D eigenvalue weighted by Gasteiger charge is 2.35. The van der Waals surface area contributed by atoms with Gasteiger partial charge in [0.1, 0.15) is 17.2 Å². The number of nitrogens with two attached hydrogens (primary N) is 1. The molecule has 0 fully saturated rings. The lowest BCUT2D eigenvalue weighted by Gasteiger charge is -2.31. The number of anilines is 1. The third-order valence-corrected chi connectivity index (χ3v) is 5.33. The summed E-state index contributed by atoms with van der Waals surface area (Å²) < 4.78 is 6.09. The topological polar surface area (TPSA) is 123 Å².